The number of carboxylic acids is 1. The molecular formula is C13H26ClNO2. The van der Waals surface area contributed by atoms with Gasteiger partial charge in [0.1, 0.15) is 5.54 Å². The van der Waals surface area contributed by atoms with Gasteiger partial charge in [-0.1, -0.05) is 20.8 Å². The van der Waals surface area contributed by atoms with Crippen molar-refractivity contribution in [1.82, 2.24) is 0 Å². The molecule has 102 valence electrons. The van der Waals surface area contributed by atoms with Crippen LogP contribution < -0.4 is 5.73 Å². The highest BCUT2D eigenvalue weighted by Gasteiger charge is 2.41. The van der Waals surface area contributed by atoms with Crippen LogP contribution in [-0.4, -0.2) is 16.6 Å². The predicted molar refractivity (Wildman–Crippen MR) is 72.4 cm³/mol. The van der Waals surface area contributed by atoms with Gasteiger partial charge in [0.15, 0.2) is 0 Å². The maximum absolute atomic E-state index is 11.1. The highest BCUT2D eigenvalue weighted by atomic mass is 35.5. The molecule has 0 radical (unpaired) electrons. The molecule has 1 rings (SSSR count). The largest absolute Gasteiger partial charge is 0.480 e. The van der Waals surface area contributed by atoms with Crippen LogP contribution in [-0.2, 0) is 4.79 Å². The Hall–Kier alpha value is -0.280. The van der Waals surface area contributed by atoms with Gasteiger partial charge in [-0.2, -0.15) is 0 Å². The van der Waals surface area contributed by atoms with Gasteiger partial charge in [0, 0.05) is 0 Å². The van der Waals surface area contributed by atoms with E-state index in [9.17, 15) is 4.79 Å². The molecule has 0 saturated heterocycles. The summed E-state index contributed by atoms with van der Waals surface area (Å²) in [6.45, 7) is 8.43. The van der Waals surface area contributed by atoms with Gasteiger partial charge in [-0.05, 0) is 49.9 Å². The molecule has 1 atom stereocenters. The highest BCUT2D eigenvalue weighted by molar-refractivity contribution is 5.85. The van der Waals surface area contributed by atoms with Crippen molar-refractivity contribution in [1.29, 1.82) is 0 Å². The Labute approximate surface area is 111 Å². The summed E-state index contributed by atoms with van der Waals surface area (Å²) < 4.78 is 0. The van der Waals surface area contributed by atoms with E-state index in [1.807, 2.05) is 0 Å². The molecule has 3 N–H and O–H groups in total. The van der Waals surface area contributed by atoms with Crippen molar-refractivity contribution in [2.45, 2.75) is 58.9 Å². The molecular weight excluding hydrogens is 238 g/mol. The minimum absolute atomic E-state index is 0. The molecule has 0 bridgehead atoms. The molecule has 0 aromatic carbocycles. The van der Waals surface area contributed by atoms with Crippen molar-refractivity contribution < 1.29 is 9.90 Å². The first-order chi connectivity index (χ1) is 7.15. The third-order valence-electron chi connectivity index (χ3n) is 4.26. The van der Waals surface area contributed by atoms with Crippen molar-refractivity contribution >= 4 is 18.4 Å². The third-order valence-corrected chi connectivity index (χ3v) is 4.26. The van der Waals surface area contributed by atoms with Crippen LogP contribution >= 0.6 is 12.4 Å². The lowest BCUT2D eigenvalue weighted by Crippen LogP contribution is -2.52. The summed E-state index contributed by atoms with van der Waals surface area (Å²) in [5.41, 5.74) is 5.17. The fraction of sp³-hybridized carbons (Fsp3) is 0.923. The molecule has 1 aliphatic rings. The van der Waals surface area contributed by atoms with Crippen LogP contribution in [0.3, 0.4) is 0 Å². The Balaban J connectivity index is 0.00000256. The number of nitrogens with two attached hydrogens (primary N) is 1. The zero-order valence-electron chi connectivity index (χ0n) is 11.3. The monoisotopic (exact) mass is 263 g/mol. The summed E-state index contributed by atoms with van der Waals surface area (Å²) in [5, 5.41) is 9.09. The highest BCUT2D eigenvalue weighted by Crippen LogP contribution is 2.42. The van der Waals surface area contributed by atoms with Crippen LogP contribution in [0.1, 0.15) is 53.4 Å². The number of carbonyl (C=O) groups is 1. The summed E-state index contributed by atoms with van der Waals surface area (Å²) in [4.78, 5) is 11.1. The Morgan fingerprint density at radius 2 is 1.41 bits per heavy atom. The van der Waals surface area contributed by atoms with Gasteiger partial charge in [0.25, 0.3) is 0 Å². The molecule has 0 aromatic heterocycles. The number of rotatable bonds is 2. The van der Waals surface area contributed by atoms with E-state index < -0.39 is 11.5 Å². The van der Waals surface area contributed by atoms with E-state index in [0.717, 1.165) is 25.7 Å². The van der Waals surface area contributed by atoms with E-state index in [0.29, 0.717) is 11.3 Å². The average molecular weight is 264 g/mol. The zero-order valence-corrected chi connectivity index (χ0v) is 12.1. The Kier molecular flexibility index (Phi) is 5.48. The molecule has 0 amide bonds. The first-order valence-electron chi connectivity index (χ1n) is 6.18. The second-order valence-corrected chi connectivity index (χ2v) is 6.50. The van der Waals surface area contributed by atoms with Crippen molar-refractivity contribution in [3.63, 3.8) is 0 Å². The molecule has 0 heterocycles. The summed E-state index contributed by atoms with van der Waals surface area (Å²) in [6, 6.07) is 0. The predicted octanol–water partition coefficient (Wildman–Crippen LogP) is 3.06. The second kappa shape index (κ2) is 5.57. The Bertz CT molecular complexity index is 263. The van der Waals surface area contributed by atoms with E-state index >= 15 is 0 Å². The van der Waals surface area contributed by atoms with Crippen LogP contribution in [0.4, 0.5) is 0 Å². The summed E-state index contributed by atoms with van der Waals surface area (Å²) in [5.74, 6) is -0.0383. The SMILES string of the molecule is CC(C)(C)C1CCC([C@@](C)(N)C(=O)O)CC1.Cl. The number of aliphatic carboxylic acids is 1. The molecule has 0 unspecified atom stereocenters. The number of halogens is 1. The van der Waals surface area contributed by atoms with E-state index in [2.05, 4.69) is 20.8 Å². The Morgan fingerprint density at radius 1 is 1.06 bits per heavy atom. The van der Waals surface area contributed by atoms with Gasteiger partial charge in [-0.25, -0.2) is 0 Å². The van der Waals surface area contributed by atoms with Crippen LogP contribution in [0.15, 0.2) is 0 Å². The van der Waals surface area contributed by atoms with Crippen molar-refractivity contribution in [3.8, 4) is 0 Å². The molecule has 1 aliphatic carbocycles. The number of carboxylic acid groups (broad SMARTS) is 1. The maximum atomic E-state index is 11.1. The normalized spacial score (nSPS) is 29.0. The zero-order chi connectivity index (χ0) is 12.6. The minimum atomic E-state index is -1.05. The van der Waals surface area contributed by atoms with E-state index in [-0.39, 0.29) is 18.3 Å². The van der Waals surface area contributed by atoms with E-state index in [1.54, 1.807) is 6.92 Å². The van der Waals surface area contributed by atoms with Crippen LogP contribution in [0.25, 0.3) is 0 Å². The van der Waals surface area contributed by atoms with Crippen molar-refractivity contribution in [2.24, 2.45) is 23.0 Å². The third kappa shape index (κ3) is 3.85. The van der Waals surface area contributed by atoms with Crippen LogP contribution in [0, 0.1) is 17.3 Å². The smallest absolute Gasteiger partial charge is 0.323 e. The van der Waals surface area contributed by atoms with Crippen molar-refractivity contribution in [3.05, 3.63) is 0 Å². The molecule has 1 fully saturated rings. The van der Waals surface area contributed by atoms with Gasteiger partial charge < -0.3 is 10.8 Å². The fourth-order valence-corrected chi connectivity index (χ4v) is 2.73. The lowest BCUT2D eigenvalue weighted by molar-refractivity contribution is -0.145. The second-order valence-electron chi connectivity index (χ2n) is 6.50. The van der Waals surface area contributed by atoms with Crippen molar-refractivity contribution in [2.75, 3.05) is 0 Å². The number of hydrogen-bond acceptors (Lipinski definition) is 2. The first-order valence-corrected chi connectivity index (χ1v) is 6.18. The van der Waals surface area contributed by atoms with Gasteiger partial charge in [-0.3, -0.25) is 4.79 Å². The van der Waals surface area contributed by atoms with Crippen LogP contribution in [0.5, 0.6) is 0 Å². The lowest BCUT2D eigenvalue weighted by Gasteiger charge is -2.40. The van der Waals surface area contributed by atoms with Gasteiger partial charge in [0.2, 0.25) is 0 Å². The standard InChI is InChI=1S/C13H25NO2.ClH/c1-12(2,3)9-5-7-10(8-6-9)13(4,14)11(15)16;/h9-10H,5-8,14H2,1-4H3,(H,15,16);1H/t9?,10?,13-;/m1./s1. The van der Waals surface area contributed by atoms with Gasteiger partial charge >= 0.3 is 5.97 Å². The van der Waals surface area contributed by atoms with Gasteiger partial charge in [-0.15, -0.1) is 12.4 Å². The van der Waals surface area contributed by atoms with E-state index in [4.69, 9.17) is 10.8 Å². The molecule has 0 aliphatic heterocycles. The van der Waals surface area contributed by atoms with E-state index in [1.165, 1.54) is 0 Å². The number of hydrogen-bond donors (Lipinski definition) is 2. The molecule has 0 spiro atoms. The quantitative estimate of drug-likeness (QED) is 0.805. The topological polar surface area (TPSA) is 63.3 Å². The Morgan fingerprint density at radius 3 is 1.71 bits per heavy atom. The maximum Gasteiger partial charge on any atom is 0.323 e. The molecule has 0 aromatic rings. The first kappa shape index (κ1) is 16.7. The summed E-state index contributed by atoms with van der Waals surface area (Å²) in [6.07, 6.45) is 4.10. The lowest BCUT2D eigenvalue weighted by atomic mass is 9.66. The molecule has 3 nitrogen and oxygen atoms in total. The molecule has 1 saturated carbocycles. The minimum Gasteiger partial charge on any atom is -0.480 e. The van der Waals surface area contributed by atoms with Crippen LogP contribution in [0.2, 0.25) is 0 Å². The fourth-order valence-electron chi connectivity index (χ4n) is 2.73. The summed E-state index contributed by atoms with van der Waals surface area (Å²) >= 11 is 0. The summed E-state index contributed by atoms with van der Waals surface area (Å²) in [7, 11) is 0. The van der Waals surface area contributed by atoms with Gasteiger partial charge in [0.05, 0.1) is 0 Å². The average Bonchev–Trinajstić information content (AvgIpc) is 2.16. The molecule has 4 heteroatoms. The molecule has 17 heavy (non-hydrogen) atoms.